The Bertz CT molecular complexity index is 1780. The number of carbonyl (C=O) groups is 1. The molecule has 2 atom stereocenters. The Morgan fingerprint density at radius 1 is 1.04 bits per heavy atom. The number of hydrogen-bond acceptors (Lipinski definition) is 8. The molecule has 0 spiro atoms. The first kappa shape index (κ1) is 37.6. The summed E-state index contributed by atoms with van der Waals surface area (Å²) in [5.74, 6) is -0.362. The Labute approximate surface area is 302 Å². The first-order valence-electron chi connectivity index (χ1n) is 15.3. The molecule has 0 saturated carbocycles. The van der Waals surface area contributed by atoms with Crippen molar-refractivity contribution < 1.29 is 19.3 Å². The van der Waals surface area contributed by atoms with Gasteiger partial charge in [-0.15, -0.1) is 0 Å². The third kappa shape index (κ3) is 9.90. The molecule has 1 aliphatic rings. The van der Waals surface area contributed by atoms with Gasteiger partial charge in [0.15, 0.2) is 5.71 Å². The molecular weight excluding hydrogens is 685 g/mol. The van der Waals surface area contributed by atoms with Crippen molar-refractivity contribution in [1.29, 1.82) is 0 Å². The summed E-state index contributed by atoms with van der Waals surface area (Å²) >= 11 is 18.2. The van der Waals surface area contributed by atoms with E-state index in [1.165, 1.54) is 19.7 Å². The topological polar surface area (TPSA) is 97.6 Å². The van der Waals surface area contributed by atoms with Crippen molar-refractivity contribution in [2.45, 2.75) is 38.5 Å². The minimum Gasteiger partial charge on any atom is -0.398 e. The standard InChI is InChI=1S/C21H21Cl2N3O3.C16H17ClN2O/c1-14(11-12-17-18(22)9-6-10-19(17)23)25-29-13-15-7-4-5-8-16(15)20(26-28-3)21(27)24-2;1-16(13-4-3-9-18-11-13)10-15(20-19(16)2)12-5-7-14(17)8-6-12/h4-12H,13H2,1-3H3,(H,24,27);3-9,11,15H,10H2,1-2H3/b12-11+,25-14+,26-20-;. The van der Waals surface area contributed by atoms with Gasteiger partial charge in [0.2, 0.25) is 0 Å². The van der Waals surface area contributed by atoms with Crippen molar-refractivity contribution in [3.8, 4) is 0 Å². The normalized spacial score (nSPS) is 18.2. The summed E-state index contributed by atoms with van der Waals surface area (Å²) < 4.78 is 0. The third-order valence-corrected chi connectivity index (χ3v) is 8.82. The number of amides is 1. The monoisotopic (exact) mass is 721 g/mol. The van der Waals surface area contributed by atoms with Gasteiger partial charge in [-0.25, -0.2) is 0 Å². The van der Waals surface area contributed by atoms with E-state index >= 15 is 0 Å². The molecule has 0 bridgehead atoms. The van der Waals surface area contributed by atoms with Crippen LogP contribution < -0.4 is 5.32 Å². The lowest BCUT2D eigenvalue weighted by Gasteiger charge is -2.29. The van der Waals surface area contributed by atoms with Crippen molar-refractivity contribution in [2.75, 3.05) is 21.2 Å². The summed E-state index contributed by atoms with van der Waals surface area (Å²) in [4.78, 5) is 32.6. The molecule has 5 rings (SSSR count). The maximum Gasteiger partial charge on any atom is 0.273 e. The van der Waals surface area contributed by atoms with Crippen molar-refractivity contribution in [3.63, 3.8) is 0 Å². The van der Waals surface area contributed by atoms with Gasteiger partial charge in [-0.1, -0.05) is 99.7 Å². The van der Waals surface area contributed by atoms with Gasteiger partial charge in [-0.3, -0.25) is 14.6 Å². The van der Waals surface area contributed by atoms with Crippen LogP contribution in [0.2, 0.25) is 15.1 Å². The van der Waals surface area contributed by atoms with Crippen molar-refractivity contribution in [1.82, 2.24) is 15.4 Å². The lowest BCUT2D eigenvalue weighted by Crippen LogP contribution is -2.34. The molecule has 0 radical (unpaired) electrons. The van der Waals surface area contributed by atoms with Gasteiger partial charge in [0, 0.05) is 64.7 Å². The number of allylic oxidation sites excluding steroid dienone is 1. The summed E-state index contributed by atoms with van der Waals surface area (Å²) in [6, 6.07) is 24.5. The fraction of sp³-hybridized carbons (Fsp3) is 0.243. The first-order valence-corrected chi connectivity index (χ1v) is 16.5. The van der Waals surface area contributed by atoms with Crippen LogP contribution in [0.3, 0.4) is 0 Å². The maximum atomic E-state index is 12.1. The van der Waals surface area contributed by atoms with Crippen LogP contribution in [0.25, 0.3) is 6.08 Å². The van der Waals surface area contributed by atoms with Gasteiger partial charge in [0.25, 0.3) is 5.91 Å². The van der Waals surface area contributed by atoms with Gasteiger partial charge < -0.3 is 15.0 Å². The van der Waals surface area contributed by atoms with E-state index in [2.05, 4.69) is 33.6 Å². The fourth-order valence-electron chi connectivity index (χ4n) is 5.08. The highest BCUT2D eigenvalue weighted by Crippen LogP contribution is 2.45. The highest BCUT2D eigenvalue weighted by Gasteiger charge is 2.43. The van der Waals surface area contributed by atoms with E-state index in [1.807, 2.05) is 60.8 Å². The molecule has 9 nitrogen and oxygen atoms in total. The molecule has 1 saturated heterocycles. The van der Waals surface area contributed by atoms with Gasteiger partial charge in [0.1, 0.15) is 19.8 Å². The Hall–Kier alpha value is -4.25. The number of likely N-dealkylation sites (N-methyl/N-ethyl adjacent to an activating group) is 1. The summed E-state index contributed by atoms with van der Waals surface area (Å²) in [5, 5.41) is 14.2. The zero-order chi connectivity index (χ0) is 35.4. The zero-order valence-electron chi connectivity index (χ0n) is 27.9. The molecule has 12 heteroatoms. The molecule has 1 amide bonds. The second-order valence-corrected chi connectivity index (χ2v) is 12.4. The number of hydrogen-bond donors (Lipinski definition) is 1. The van der Waals surface area contributed by atoms with Crippen LogP contribution in [0.1, 0.15) is 54.2 Å². The van der Waals surface area contributed by atoms with Gasteiger partial charge >= 0.3 is 0 Å². The highest BCUT2D eigenvalue weighted by molar-refractivity contribution is 6.45. The molecule has 2 unspecified atom stereocenters. The number of hydroxylamine groups is 2. The number of pyridine rings is 1. The zero-order valence-corrected chi connectivity index (χ0v) is 30.1. The van der Waals surface area contributed by atoms with Crippen LogP contribution in [-0.2, 0) is 31.5 Å². The number of nitrogens with one attached hydrogen (secondary N) is 1. The van der Waals surface area contributed by atoms with Gasteiger partial charge in [0.05, 0.1) is 11.3 Å². The molecule has 4 aromatic rings. The molecule has 1 N–H and O–H groups in total. The molecule has 256 valence electrons. The molecule has 1 aromatic heterocycles. The molecule has 2 heterocycles. The molecule has 0 aliphatic carbocycles. The Balaban J connectivity index is 0.000000235. The molecule has 1 aliphatic heterocycles. The minimum absolute atomic E-state index is 0.0440. The summed E-state index contributed by atoms with van der Waals surface area (Å²) in [7, 11) is 4.88. The summed E-state index contributed by atoms with van der Waals surface area (Å²) in [6.45, 7) is 4.11. The van der Waals surface area contributed by atoms with Crippen molar-refractivity contribution >= 4 is 58.2 Å². The number of rotatable bonds is 10. The fourth-order valence-corrected chi connectivity index (χ4v) is 5.73. The number of benzene rings is 3. The number of carbonyl (C=O) groups excluding carboxylic acids is 1. The summed E-state index contributed by atoms with van der Waals surface area (Å²) in [5.41, 5.74) is 4.97. The van der Waals surface area contributed by atoms with Crippen LogP contribution in [0.4, 0.5) is 0 Å². The van der Waals surface area contributed by atoms with Crippen LogP contribution in [0.5, 0.6) is 0 Å². The van der Waals surface area contributed by atoms with E-state index in [-0.39, 0.29) is 29.9 Å². The number of oxime groups is 2. The molecule has 49 heavy (non-hydrogen) atoms. The second kappa shape index (κ2) is 17.9. The molecular formula is C37H38Cl3N5O4. The van der Waals surface area contributed by atoms with Gasteiger partial charge in [-0.05, 0) is 61.4 Å². The third-order valence-electron chi connectivity index (χ3n) is 7.91. The van der Waals surface area contributed by atoms with E-state index in [9.17, 15) is 4.79 Å². The Morgan fingerprint density at radius 2 is 1.76 bits per heavy atom. The predicted octanol–water partition coefficient (Wildman–Crippen LogP) is 8.65. The second-order valence-electron chi connectivity index (χ2n) is 11.2. The Kier molecular flexibility index (Phi) is 13.8. The summed E-state index contributed by atoms with van der Waals surface area (Å²) in [6.07, 6.45) is 8.15. The van der Waals surface area contributed by atoms with Crippen molar-refractivity contribution in [3.05, 3.63) is 140 Å². The molecule has 3 aromatic carbocycles. The molecule has 1 fully saturated rings. The highest BCUT2D eigenvalue weighted by atomic mass is 35.5. The smallest absolute Gasteiger partial charge is 0.273 e. The van der Waals surface area contributed by atoms with Crippen molar-refractivity contribution in [2.24, 2.45) is 10.3 Å². The lowest BCUT2D eigenvalue weighted by molar-refractivity contribution is -0.169. The van der Waals surface area contributed by atoms with E-state index in [4.69, 9.17) is 49.3 Å². The SMILES string of the molecule is CN1OC(c2ccc(Cl)cc2)CC1(C)c1cccnc1.CNC(=O)/C(=N\OC)c1ccccc1CO/N=C(C)/C=C/c1c(Cl)cccc1Cl. The van der Waals surface area contributed by atoms with Crippen LogP contribution >= 0.6 is 34.8 Å². The van der Waals surface area contributed by atoms with Crippen LogP contribution in [0.15, 0.2) is 108 Å². The number of nitrogens with zero attached hydrogens (tertiary/aromatic N) is 4. The quantitative estimate of drug-likeness (QED) is 0.130. The average molecular weight is 723 g/mol. The van der Waals surface area contributed by atoms with Crippen LogP contribution in [-0.4, -0.2) is 48.6 Å². The number of halogens is 3. The van der Waals surface area contributed by atoms with E-state index in [0.29, 0.717) is 26.9 Å². The predicted molar refractivity (Wildman–Crippen MR) is 197 cm³/mol. The maximum absolute atomic E-state index is 12.1. The van der Waals surface area contributed by atoms with E-state index < -0.39 is 0 Å². The van der Waals surface area contributed by atoms with E-state index in [0.717, 1.165) is 22.6 Å². The lowest BCUT2D eigenvalue weighted by atomic mass is 9.87. The Morgan fingerprint density at radius 3 is 2.41 bits per heavy atom. The largest absolute Gasteiger partial charge is 0.398 e. The van der Waals surface area contributed by atoms with Crippen LogP contribution in [0, 0.1) is 0 Å². The van der Waals surface area contributed by atoms with Gasteiger partial charge in [-0.2, -0.15) is 5.06 Å². The van der Waals surface area contributed by atoms with E-state index in [1.54, 1.807) is 55.6 Å². The number of aromatic nitrogens is 1. The first-order chi connectivity index (χ1) is 23.6. The average Bonchev–Trinajstić information content (AvgIpc) is 3.42. The minimum atomic E-state index is -0.362.